The molecule has 8 nitrogen and oxygen atoms in total. The number of fused-ring (bicyclic) bond motifs is 2. The summed E-state index contributed by atoms with van der Waals surface area (Å²) in [5.74, 6) is -2.50. The fourth-order valence-electron chi connectivity index (χ4n) is 5.39. The van der Waals surface area contributed by atoms with Crippen LogP contribution in [-0.2, 0) is 27.1 Å². The van der Waals surface area contributed by atoms with Gasteiger partial charge in [-0.15, -0.1) is 0 Å². The third kappa shape index (κ3) is 5.46. The molecule has 0 radical (unpaired) electrons. The molecule has 0 spiro atoms. The first-order valence-electron chi connectivity index (χ1n) is 13.1. The van der Waals surface area contributed by atoms with Gasteiger partial charge in [-0.05, 0) is 60.2 Å². The molecule has 6 rings (SSSR count). The number of rotatable bonds is 6. The lowest BCUT2D eigenvalue weighted by Gasteiger charge is -2.30. The highest BCUT2D eigenvalue weighted by Crippen LogP contribution is 2.54. The molecule has 3 aromatic carbocycles. The van der Waals surface area contributed by atoms with Crippen LogP contribution < -0.4 is 19.8 Å². The van der Waals surface area contributed by atoms with Crippen molar-refractivity contribution in [1.29, 1.82) is 0 Å². The van der Waals surface area contributed by atoms with Gasteiger partial charge in [-0.2, -0.15) is 13.2 Å². The van der Waals surface area contributed by atoms with Gasteiger partial charge in [0.15, 0.2) is 0 Å². The number of methoxy groups -OCH3 is 1. The topological polar surface area (TPSA) is 97.7 Å². The summed E-state index contributed by atoms with van der Waals surface area (Å²) in [4.78, 5) is 55.3. The molecular formula is C30H21BrF3N3O5S2. The van der Waals surface area contributed by atoms with Crippen LogP contribution in [0.4, 0.5) is 24.5 Å². The van der Waals surface area contributed by atoms with E-state index in [0.29, 0.717) is 26.9 Å². The quantitative estimate of drug-likeness (QED) is 0.243. The number of hydrogen-bond donors (Lipinski definition) is 1. The van der Waals surface area contributed by atoms with Crippen molar-refractivity contribution in [2.45, 2.75) is 28.9 Å². The minimum atomic E-state index is -4.59. The van der Waals surface area contributed by atoms with Crippen molar-refractivity contribution in [3.05, 3.63) is 103 Å². The number of carbonyl (C=O) groups is 3. The molecule has 0 aliphatic carbocycles. The lowest BCUT2D eigenvalue weighted by atomic mass is 9.83. The van der Waals surface area contributed by atoms with Crippen LogP contribution in [0.3, 0.4) is 0 Å². The number of carbonyl (C=O) groups excluding carboxylic acids is 3. The number of thioether (sulfide) groups is 1. The van der Waals surface area contributed by atoms with E-state index >= 15 is 0 Å². The van der Waals surface area contributed by atoms with Crippen LogP contribution >= 0.6 is 39.0 Å². The predicted molar refractivity (Wildman–Crippen MR) is 163 cm³/mol. The highest BCUT2D eigenvalue weighted by atomic mass is 79.9. The number of halogens is 4. The van der Waals surface area contributed by atoms with Gasteiger partial charge in [0, 0.05) is 21.0 Å². The molecule has 3 atom stereocenters. The summed E-state index contributed by atoms with van der Waals surface area (Å²) >= 11 is 5.28. The van der Waals surface area contributed by atoms with Gasteiger partial charge < -0.3 is 10.1 Å². The zero-order valence-corrected chi connectivity index (χ0v) is 25.9. The zero-order valence-electron chi connectivity index (χ0n) is 22.6. The average Bonchev–Trinajstić information content (AvgIpc) is 3.43. The number of ether oxygens (including phenoxy) is 1. The van der Waals surface area contributed by atoms with E-state index in [-0.39, 0.29) is 5.69 Å². The molecule has 1 N–H and O–H groups in total. The van der Waals surface area contributed by atoms with E-state index in [1.807, 2.05) is 0 Å². The molecule has 44 heavy (non-hydrogen) atoms. The van der Waals surface area contributed by atoms with E-state index in [1.54, 1.807) is 48.5 Å². The van der Waals surface area contributed by atoms with Gasteiger partial charge in [0.1, 0.15) is 17.5 Å². The van der Waals surface area contributed by atoms with Crippen LogP contribution in [0.1, 0.15) is 21.9 Å². The molecule has 4 aromatic rings. The predicted octanol–water partition coefficient (Wildman–Crippen LogP) is 6.13. The molecule has 1 fully saturated rings. The zero-order chi connectivity index (χ0) is 31.3. The second-order valence-electron chi connectivity index (χ2n) is 10.1. The summed E-state index contributed by atoms with van der Waals surface area (Å²) in [7, 11) is 1.52. The summed E-state index contributed by atoms with van der Waals surface area (Å²) < 4.78 is 46.8. The number of thiazole rings is 1. The third-order valence-electron chi connectivity index (χ3n) is 7.38. The summed E-state index contributed by atoms with van der Waals surface area (Å²) in [6.45, 7) is -0.501. The standard InChI is InChI=1S/C30H21BrF3N3O5S2/c1-42-20-11-5-15(6-12-20)22-23-24(27(40)37(26(23)39)19-9-7-17(31)8-10-19)43-28-25(22)44-29(41)36(28)14-21(38)35-18-4-2-3-16(13-18)30(32,33)34/h2-13,22-24H,14H2,1H3,(H,35,38)/t22-,23?,24?/m1/s1. The van der Waals surface area contributed by atoms with Crippen LogP contribution in [0.5, 0.6) is 5.75 Å². The Kier molecular flexibility index (Phi) is 7.92. The number of anilines is 2. The Bertz CT molecular complexity index is 1840. The normalized spacial score (nSPS) is 19.5. The molecule has 1 saturated heterocycles. The number of amides is 3. The summed E-state index contributed by atoms with van der Waals surface area (Å²) in [5, 5.41) is 1.90. The van der Waals surface area contributed by atoms with Crippen molar-refractivity contribution in [2.24, 2.45) is 5.92 Å². The number of imide groups is 1. The van der Waals surface area contributed by atoms with E-state index in [2.05, 4.69) is 21.2 Å². The number of benzene rings is 3. The molecule has 0 bridgehead atoms. The smallest absolute Gasteiger partial charge is 0.416 e. The molecule has 2 unspecified atom stereocenters. The fraction of sp³-hybridized carbons (Fsp3) is 0.200. The number of aromatic nitrogens is 1. The summed E-state index contributed by atoms with van der Waals surface area (Å²) in [6, 6.07) is 18.0. The molecule has 3 amide bonds. The minimum absolute atomic E-state index is 0.0764. The Hall–Kier alpha value is -3.88. The van der Waals surface area contributed by atoms with E-state index in [4.69, 9.17) is 4.74 Å². The van der Waals surface area contributed by atoms with Gasteiger partial charge in [-0.25, -0.2) is 4.90 Å². The Labute approximate surface area is 265 Å². The summed E-state index contributed by atoms with van der Waals surface area (Å²) in [6.07, 6.45) is -4.59. The van der Waals surface area contributed by atoms with Gasteiger partial charge >= 0.3 is 11.0 Å². The van der Waals surface area contributed by atoms with E-state index < -0.39 is 58.0 Å². The number of nitrogens with one attached hydrogen (secondary N) is 1. The van der Waals surface area contributed by atoms with Crippen LogP contribution in [-0.4, -0.2) is 34.6 Å². The van der Waals surface area contributed by atoms with Crippen molar-refractivity contribution >= 4 is 68.1 Å². The van der Waals surface area contributed by atoms with Crippen molar-refractivity contribution in [3.63, 3.8) is 0 Å². The number of nitrogens with zero attached hydrogens (tertiary/aromatic N) is 2. The largest absolute Gasteiger partial charge is 0.497 e. The first-order valence-corrected chi connectivity index (χ1v) is 15.6. The molecule has 1 aromatic heterocycles. The Morgan fingerprint density at radius 3 is 2.36 bits per heavy atom. The SMILES string of the molecule is COc1ccc([C@H]2c3sc(=O)n(CC(=O)Nc4cccc(C(F)(F)F)c4)c3SC3C(=O)N(c4ccc(Br)cc4)C(=O)C32)cc1. The van der Waals surface area contributed by atoms with Gasteiger partial charge in [-0.3, -0.25) is 23.7 Å². The van der Waals surface area contributed by atoms with Crippen LogP contribution in [0.2, 0.25) is 0 Å². The second-order valence-corrected chi connectivity index (χ2v) is 13.1. The fourth-order valence-corrected chi connectivity index (χ4v) is 8.43. The Morgan fingerprint density at radius 1 is 1.00 bits per heavy atom. The van der Waals surface area contributed by atoms with Crippen LogP contribution in [0.15, 0.2) is 87.1 Å². The molecule has 2 aliphatic rings. The van der Waals surface area contributed by atoms with Crippen LogP contribution in [0.25, 0.3) is 0 Å². The number of alkyl halides is 3. The maximum absolute atomic E-state index is 14.0. The van der Waals surface area contributed by atoms with E-state index in [0.717, 1.165) is 44.6 Å². The van der Waals surface area contributed by atoms with E-state index in [1.165, 1.54) is 23.8 Å². The maximum atomic E-state index is 14.0. The molecule has 3 heterocycles. The lowest BCUT2D eigenvalue weighted by Crippen LogP contribution is -2.33. The summed E-state index contributed by atoms with van der Waals surface area (Å²) in [5.41, 5.74) is 0.0902. The third-order valence-corrected chi connectivity index (χ3v) is 10.5. The highest BCUT2D eigenvalue weighted by Gasteiger charge is 2.56. The first-order chi connectivity index (χ1) is 21.0. The van der Waals surface area contributed by atoms with Gasteiger partial charge in [0.2, 0.25) is 17.7 Å². The van der Waals surface area contributed by atoms with Crippen molar-refractivity contribution < 1.29 is 32.3 Å². The Morgan fingerprint density at radius 2 is 1.70 bits per heavy atom. The molecule has 226 valence electrons. The van der Waals surface area contributed by atoms with Gasteiger partial charge in [0.05, 0.1) is 29.3 Å². The monoisotopic (exact) mass is 703 g/mol. The van der Waals surface area contributed by atoms with Crippen molar-refractivity contribution in [2.75, 3.05) is 17.3 Å². The minimum Gasteiger partial charge on any atom is -0.497 e. The Balaban J connectivity index is 1.38. The lowest BCUT2D eigenvalue weighted by molar-refractivity contribution is -0.137. The molecular weight excluding hydrogens is 683 g/mol. The van der Waals surface area contributed by atoms with E-state index in [9.17, 15) is 32.3 Å². The van der Waals surface area contributed by atoms with Crippen LogP contribution in [0, 0.1) is 5.92 Å². The van der Waals surface area contributed by atoms with Crippen molar-refractivity contribution in [3.8, 4) is 5.75 Å². The van der Waals surface area contributed by atoms with Gasteiger partial charge in [-0.1, -0.05) is 57.2 Å². The highest BCUT2D eigenvalue weighted by molar-refractivity contribution is 9.10. The maximum Gasteiger partial charge on any atom is 0.416 e. The second kappa shape index (κ2) is 11.6. The number of hydrogen-bond acceptors (Lipinski definition) is 7. The average molecular weight is 705 g/mol. The van der Waals surface area contributed by atoms with Crippen molar-refractivity contribution in [1.82, 2.24) is 4.57 Å². The molecule has 14 heteroatoms. The van der Waals surface area contributed by atoms with Gasteiger partial charge in [0.25, 0.3) is 0 Å². The molecule has 0 saturated carbocycles. The molecule has 2 aliphatic heterocycles. The first kappa shape index (κ1) is 30.2.